The van der Waals surface area contributed by atoms with Gasteiger partial charge in [0.25, 0.3) is 0 Å². The fourth-order valence-corrected chi connectivity index (χ4v) is 3.69. The third-order valence-corrected chi connectivity index (χ3v) is 4.90. The van der Waals surface area contributed by atoms with Crippen molar-refractivity contribution in [3.63, 3.8) is 0 Å². The Morgan fingerprint density at radius 2 is 2.00 bits per heavy atom. The number of nitrogens with two attached hydrogens (primary N) is 1. The minimum Gasteiger partial charge on any atom is -0.330 e. The fraction of sp³-hybridized carbons (Fsp3) is 0.538. The number of sulfonamides is 1. The Morgan fingerprint density at radius 1 is 1.32 bits per heavy atom. The van der Waals surface area contributed by atoms with Crippen molar-refractivity contribution in [2.75, 3.05) is 19.6 Å². The summed E-state index contributed by atoms with van der Waals surface area (Å²) in [7, 11) is -3.57. The lowest BCUT2D eigenvalue weighted by Crippen LogP contribution is -2.34. The molecule has 0 bridgehead atoms. The Labute approximate surface area is 114 Å². The van der Waals surface area contributed by atoms with Crippen LogP contribution in [0.4, 0.5) is 4.39 Å². The molecule has 0 heterocycles. The predicted molar refractivity (Wildman–Crippen MR) is 73.9 cm³/mol. The highest BCUT2D eigenvalue weighted by Gasteiger charge is 2.24. The predicted octanol–water partition coefficient (Wildman–Crippen LogP) is 1.88. The quantitative estimate of drug-likeness (QED) is 0.833. The minimum absolute atomic E-state index is 0.166. The summed E-state index contributed by atoms with van der Waals surface area (Å²) < 4.78 is 39.5. The van der Waals surface area contributed by atoms with E-state index in [2.05, 4.69) is 0 Å². The van der Waals surface area contributed by atoms with Crippen LogP contribution in [0.15, 0.2) is 23.1 Å². The number of halogens is 1. The third-order valence-electron chi connectivity index (χ3n) is 2.84. The second-order valence-electron chi connectivity index (χ2n) is 4.46. The Bertz CT molecular complexity index is 517. The summed E-state index contributed by atoms with van der Waals surface area (Å²) in [6.45, 7) is 4.80. The number of rotatable bonds is 7. The van der Waals surface area contributed by atoms with Crippen molar-refractivity contribution in [1.29, 1.82) is 0 Å². The van der Waals surface area contributed by atoms with Crippen molar-refractivity contribution < 1.29 is 12.8 Å². The SMILES string of the molecule is CCCN(CCCN)S(=O)(=O)c1ccc(F)cc1C. The maximum absolute atomic E-state index is 13.1. The molecular weight excluding hydrogens is 267 g/mol. The van der Waals surface area contributed by atoms with E-state index in [1.54, 1.807) is 6.92 Å². The first-order chi connectivity index (χ1) is 8.93. The molecule has 0 radical (unpaired) electrons. The van der Waals surface area contributed by atoms with Gasteiger partial charge in [-0.3, -0.25) is 0 Å². The van der Waals surface area contributed by atoms with Gasteiger partial charge in [0.2, 0.25) is 10.0 Å². The average Bonchev–Trinajstić information content (AvgIpc) is 2.33. The number of hydrogen-bond acceptors (Lipinski definition) is 3. The summed E-state index contributed by atoms with van der Waals surface area (Å²) in [6, 6.07) is 3.73. The molecule has 1 rings (SSSR count). The Morgan fingerprint density at radius 3 is 2.53 bits per heavy atom. The molecule has 0 spiro atoms. The van der Waals surface area contributed by atoms with E-state index in [-0.39, 0.29) is 4.90 Å². The van der Waals surface area contributed by atoms with Crippen molar-refractivity contribution in [3.05, 3.63) is 29.6 Å². The molecule has 108 valence electrons. The smallest absolute Gasteiger partial charge is 0.243 e. The molecule has 0 atom stereocenters. The molecular formula is C13H21FN2O2S. The molecule has 1 aromatic rings. The van der Waals surface area contributed by atoms with Crippen LogP contribution >= 0.6 is 0 Å². The van der Waals surface area contributed by atoms with E-state index in [1.165, 1.54) is 22.5 Å². The first kappa shape index (κ1) is 16.1. The second-order valence-corrected chi connectivity index (χ2v) is 6.36. The van der Waals surface area contributed by atoms with Crippen LogP contribution in [0.3, 0.4) is 0 Å². The van der Waals surface area contributed by atoms with Crippen LogP contribution < -0.4 is 5.73 Å². The lowest BCUT2D eigenvalue weighted by atomic mass is 10.2. The first-order valence-electron chi connectivity index (χ1n) is 6.39. The van der Waals surface area contributed by atoms with Gasteiger partial charge in [0.05, 0.1) is 4.90 Å². The van der Waals surface area contributed by atoms with E-state index in [9.17, 15) is 12.8 Å². The summed E-state index contributed by atoms with van der Waals surface area (Å²) in [5.74, 6) is -0.430. The monoisotopic (exact) mass is 288 g/mol. The van der Waals surface area contributed by atoms with Crippen LogP contribution in [0.2, 0.25) is 0 Å². The highest BCUT2D eigenvalue weighted by molar-refractivity contribution is 7.89. The van der Waals surface area contributed by atoms with E-state index in [0.717, 1.165) is 6.42 Å². The lowest BCUT2D eigenvalue weighted by molar-refractivity contribution is 0.405. The number of nitrogens with zero attached hydrogens (tertiary/aromatic N) is 1. The van der Waals surface area contributed by atoms with Gasteiger partial charge in [-0.1, -0.05) is 6.92 Å². The largest absolute Gasteiger partial charge is 0.330 e. The Hall–Kier alpha value is -0.980. The van der Waals surface area contributed by atoms with E-state index in [4.69, 9.17) is 5.73 Å². The summed E-state index contributed by atoms with van der Waals surface area (Å²) in [4.78, 5) is 0.166. The number of benzene rings is 1. The zero-order valence-corrected chi connectivity index (χ0v) is 12.2. The molecule has 0 aliphatic carbocycles. The van der Waals surface area contributed by atoms with Gasteiger partial charge in [-0.25, -0.2) is 12.8 Å². The van der Waals surface area contributed by atoms with Crippen LogP contribution in [-0.2, 0) is 10.0 Å². The Balaban J connectivity index is 3.11. The molecule has 6 heteroatoms. The standard InChI is InChI=1S/C13H21FN2O2S/c1-3-8-16(9-4-7-15)19(17,18)13-6-5-12(14)10-11(13)2/h5-6,10H,3-4,7-9,15H2,1-2H3. The lowest BCUT2D eigenvalue weighted by Gasteiger charge is -2.22. The molecule has 2 N–H and O–H groups in total. The summed E-state index contributed by atoms with van der Waals surface area (Å²) in [5.41, 5.74) is 5.86. The summed E-state index contributed by atoms with van der Waals surface area (Å²) in [6.07, 6.45) is 1.34. The molecule has 0 fully saturated rings. The second kappa shape index (κ2) is 6.98. The van der Waals surface area contributed by atoms with Crippen LogP contribution in [0, 0.1) is 12.7 Å². The van der Waals surface area contributed by atoms with Gasteiger partial charge < -0.3 is 5.73 Å². The molecule has 0 aliphatic rings. The first-order valence-corrected chi connectivity index (χ1v) is 7.83. The van der Waals surface area contributed by atoms with Gasteiger partial charge in [-0.15, -0.1) is 0 Å². The third kappa shape index (κ3) is 3.99. The molecule has 0 unspecified atom stereocenters. The maximum atomic E-state index is 13.1. The normalized spacial score (nSPS) is 12.1. The van der Waals surface area contributed by atoms with Gasteiger partial charge in [0.15, 0.2) is 0 Å². The van der Waals surface area contributed by atoms with Crippen LogP contribution in [-0.4, -0.2) is 32.4 Å². The number of hydrogen-bond donors (Lipinski definition) is 1. The maximum Gasteiger partial charge on any atom is 0.243 e. The zero-order valence-electron chi connectivity index (χ0n) is 11.4. The topological polar surface area (TPSA) is 63.4 Å². The molecule has 0 amide bonds. The van der Waals surface area contributed by atoms with Crippen molar-refractivity contribution in [2.24, 2.45) is 5.73 Å². The average molecular weight is 288 g/mol. The van der Waals surface area contributed by atoms with Gasteiger partial charge in [0.1, 0.15) is 5.82 Å². The van der Waals surface area contributed by atoms with Crippen molar-refractivity contribution >= 4 is 10.0 Å². The fourth-order valence-electron chi connectivity index (χ4n) is 1.91. The van der Waals surface area contributed by atoms with Crippen LogP contribution in [0.1, 0.15) is 25.3 Å². The van der Waals surface area contributed by atoms with E-state index < -0.39 is 15.8 Å². The summed E-state index contributed by atoms with van der Waals surface area (Å²) in [5, 5.41) is 0. The molecule has 19 heavy (non-hydrogen) atoms. The van der Waals surface area contributed by atoms with Crippen molar-refractivity contribution in [1.82, 2.24) is 4.31 Å². The van der Waals surface area contributed by atoms with Gasteiger partial charge in [-0.05, 0) is 50.1 Å². The molecule has 0 saturated heterocycles. The van der Waals surface area contributed by atoms with Gasteiger partial charge in [-0.2, -0.15) is 4.31 Å². The number of aryl methyl sites for hydroxylation is 1. The van der Waals surface area contributed by atoms with E-state index >= 15 is 0 Å². The molecule has 0 aromatic heterocycles. The van der Waals surface area contributed by atoms with Gasteiger partial charge in [0, 0.05) is 13.1 Å². The van der Waals surface area contributed by atoms with E-state index in [1.807, 2.05) is 6.92 Å². The molecule has 4 nitrogen and oxygen atoms in total. The molecule has 0 saturated carbocycles. The zero-order chi connectivity index (χ0) is 14.5. The van der Waals surface area contributed by atoms with Crippen LogP contribution in [0.5, 0.6) is 0 Å². The highest BCUT2D eigenvalue weighted by Crippen LogP contribution is 2.21. The van der Waals surface area contributed by atoms with E-state index in [0.29, 0.717) is 31.6 Å². The molecule has 1 aromatic carbocycles. The molecule has 0 aliphatic heterocycles. The minimum atomic E-state index is -3.57. The van der Waals surface area contributed by atoms with Gasteiger partial charge >= 0.3 is 0 Å². The van der Waals surface area contributed by atoms with Crippen molar-refractivity contribution in [3.8, 4) is 0 Å². The van der Waals surface area contributed by atoms with Crippen molar-refractivity contribution in [2.45, 2.75) is 31.6 Å². The highest BCUT2D eigenvalue weighted by atomic mass is 32.2. The Kier molecular flexibility index (Phi) is 5.90. The van der Waals surface area contributed by atoms with Crippen LogP contribution in [0.25, 0.3) is 0 Å². The summed E-state index contributed by atoms with van der Waals surface area (Å²) >= 11 is 0.